The Kier molecular flexibility index (Phi) is 8.04. The molecule has 24 heavy (non-hydrogen) atoms. The monoisotopic (exact) mass is 466 g/mol. The van der Waals surface area contributed by atoms with Gasteiger partial charge in [-0.05, 0) is 36.4 Å². The van der Waals surface area contributed by atoms with Crippen molar-refractivity contribution in [2.24, 2.45) is 0 Å². The van der Waals surface area contributed by atoms with Gasteiger partial charge in [0.2, 0.25) is 0 Å². The lowest BCUT2D eigenvalue weighted by Gasteiger charge is -2.18. The second-order valence-corrected chi connectivity index (χ2v) is 7.76. The number of benzene rings is 1. The number of rotatable bonds is 8. The van der Waals surface area contributed by atoms with Crippen LogP contribution in [-0.4, -0.2) is 35.6 Å². The summed E-state index contributed by atoms with van der Waals surface area (Å²) in [6.45, 7) is 1.28. The van der Waals surface area contributed by atoms with Crippen molar-refractivity contribution in [2.75, 3.05) is 29.7 Å². The van der Waals surface area contributed by atoms with Gasteiger partial charge >= 0.3 is 0 Å². The molecule has 0 spiro atoms. The molecule has 1 aromatic heterocycles. The second kappa shape index (κ2) is 9.78. The van der Waals surface area contributed by atoms with Gasteiger partial charge in [0.1, 0.15) is 5.15 Å². The molecule has 2 aromatic rings. The van der Waals surface area contributed by atoms with Crippen LogP contribution in [0.4, 0.5) is 5.13 Å². The Balaban J connectivity index is 2.14. The average Bonchev–Trinajstić information content (AvgIpc) is 2.94. The van der Waals surface area contributed by atoms with Gasteiger partial charge in [-0.25, -0.2) is 4.98 Å². The van der Waals surface area contributed by atoms with Crippen LogP contribution >= 0.6 is 62.1 Å². The molecule has 3 nitrogen and oxygen atoms in total. The highest BCUT2D eigenvalue weighted by Gasteiger charge is 2.13. The minimum Gasteiger partial charge on any atom is -0.346 e. The van der Waals surface area contributed by atoms with Crippen molar-refractivity contribution in [1.29, 1.82) is 0 Å². The summed E-state index contributed by atoms with van der Waals surface area (Å²) in [6.07, 6.45) is 3.19. The summed E-state index contributed by atoms with van der Waals surface area (Å²) >= 11 is 22.5. The molecule has 0 aliphatic heterocycles. The number of nitrogens with zero attached hydrogens (tertiary/aromatic N) is 2. The van der Waals surface area contributed by atoms with Crippen molar-refractivity contribution >= 4 is 79.1 Å². The zero-order valence-electron chi connectivity index (χ0n) is 12.5. The lowest BCUT2D eigenvalue weighted by Crippen LogP contribution is -2.27. The minimum absolute atomic E-state index is 0.0908. The molecule has 0 unspecified atom stereocenters. The molecule has 0 N–H and O–H groups in total. The fourth-order valence-electron chi connectivity index (χ4n) is 1.91. The van der Waals surface area contributed by atoms with E-state index in [0.29, 0.717) is 35.6 Å². The first-order valence-electron chi connectivity index (χ1n) is 7.06. The standard InChI is InChI=1S/C16H14BrCl3N2OS/c17-12-3-1-11(2-4-12)13(23)5-6-14-15(20)21-16(24-14)22(9-7-18)10-8-19/h1-6H,7-10H2/b6-5+. The number of halogens is 4. The molecule has 2 rings (SSSR count). The van der Waals surface area contributed by atoms with Gasteiger partial charge in [0, 0.05) is 34.9 Å². The van der Waals surface area contributed by atoms with Crippen LogP contribution in [0.1, 0.15) is 15.2 Å². The van der Waals surface area contributed by atoms with Crippen molar-refractivity contribution in [3.05, 3.63) is 50.4 Å². The molecule has 0 amide bonds. The fraction of sp³-hybridized carbons (Fsp3) is 0.250. The maximum Gasteiger partial charge on any atom is 0.187 e. The van der Waals surface area contributed by atoms with E-state index in [0.717, 1.165) is 14.5 Å². The van der Waals surface area contributed by atoms with Gasteiger partial charge in [-0.2, -0.15) is 0 Å². The Bertz CT molecular complexity index is 713. The fourth-order valence-corrected chi connectivity index (χ4v) is 3.80. The SMILES string of the molecule is O=C(/C=C/c1sc(N(CCCl)CCCl)nc1Cl)c1ccc(Br)cc1. The normalized spacial score (nSPS) is 11.2. The highest BCUT2D eigenvalue weighted by Crippen LogP contribution is 2.31. The summed E-state index contributed by atoms with van der Waals surface area (Å²) in [6, 6.07) is 7.18. The lowest BCUT2D eigenvalue weighted by molar-refractivity contribution is 0.104. The van der Waals surface area contributed by atoms with Crippen LogP contribution in [0.15, 0.2) is 34.8 Å². The molecule has 1 aromatic carbocycles. The summed E-state index contributed by atoms with van der Waals surface area (Å²) in [7, 11) is 0. The largest absolute Gasteiger partial charge is 0.346 e. The van der Waals surface area contributed by atoms with E-state index in [2.05, 4.69) is 20.9 Å². The Labute approximate surface area is 168 Å². The summed E-state index contributed by atoms with van der Waals surface area (Å²) in [5.74, 6) is 0.856. The number of ketones is 1. The maximum atomic E-state index is 12.2. The summed E-state index contributed by atoms with van der Waals surface area (Å²) in [5.41, 5.74) is 0.612. The Morgan fingerprint density at radius 3 is 2.42 bits per heavy atom. The van der Waals surface area contributed by atoms with Gasteiger partial charge in [-0.15, -0.1) is 23.2 Å². The molecule has 0 aliphatic carbocycles. The zero-order valence-corrected chi connectivity index (χ0v) is 17.2. The number of allylic oxidation sites excluding steroid dienone is 1. The van der Waals surface area contributed by atoms with Crippen molar-refractivity contribution < 1.29 is 4.79 Å². The summed E-state index contributed by atoms with van der Waals surface area (Å²) in [5, 5.41) is 1.11. The quantitative estimate of drug-likeness (QED) is 0.281. The van der Waals surface area contributed by atoms with E-state index in [1.165, 1.54) is 17.4 Å². The predicted molar refractivity (Wildman–Crippen MR) is 108 cm³/mol. The van der Waals surface area contributed by atoms with Crippen molar-refractivity contribution in [3.8, 4) is 0 Å². The Morgan fingerprint density at radius 2 is 1.83 bits per heavy atom. The first-order valence-corrected chi connectivity index (χ1v) is 10.1. The Hall–Kier alpha value is -0.590. The van der Waals surface area contributed by atoms with Gasteiger partial charge in [-0.1, -0.05) is 38.9 Å². The number of carbonyl (C=O) groups excluding carboxylic acids is 1. The average molecular weight is 469 g/mol. The topological polar surface area (TPSA) is 33.2 Å². The van der Waals surface area contributed by atoms with E-state index in [1.807, 2.05) is 17.0 Å². The predicted octanol–water partition coefficient (Wildman–Crippen LogP) is 5.74. The second-order valence-electron chi connectivity index (χ2n) is 4.72. The molecule has 0 bridgehead atoms. The molecular formula is C16H14BrCl3N2OS. The lowest BCUT2D eigenvalue weighted by atomic mass is 10.1. The van der Waals surface area contributed by atoms with Crippen molar-refractivity contribution in [3.63, 3.8) is 0 Å². The van der Waals surface area contributed by atoms with Crippen molar-refractivity contribution in [1.82, 2.24) is 4.98 Å². The van der Waals surface area contributed by atoms with Crippen LogP contribution in [0.2, 0.25) is 5.15 Å². The smallest absolute Gasteiger partial charge is 0.187 e. The molecule has 0 atom stereocenters. The number of hydrogen-bond donors (Lipinski definition) is 0. The molecule has 0 fully saturated rings. The van der Waals surface area contributed by atoms with E-state index >= 15 is 0 Å². The number of alkyl halides is 2. The zero-order chi connectivity index (χ0) is 17.5. The Morgan fingerprint density at radius 1 is 1.21 bits per heavy atom. The van der Waals surface area contributed by atoms with Crippen LogP contribution in [-0.2, 0) is 0 Å². The molecule has 0 saturated heterocycles. The highest BCUT2D eigenvalue weighted by molar-refractivity contribution is 9.10. The first-order chi connectivity index (χ1) is 11.5. The van der Waals surface area contributed by atoms with E-state index in [1.54, 1.807) is 18.2 Å². The number of thiazole rings is 1. The summed E-state index contributed by atoms with van der Waals surface area (Å²) < 4.78 is 0.928. The molecule has 0 saturated carbocycles. The number of hydrogen-bond acceptors (Lipinski definition) is 4. The summed E-state index contributed by atoms with van der Waals surface area (Å²) in [4.78, 5) is 19.2. The van der Waals surface area contributed by atoms with Crippen LogP contribution in [0.25, 0.3) is 6.08 Å². The molecule has 128 valence electrons. The van der Waals surface area contributed by atoms with Crippen molar-refractivity contribution in [2.45, 2.75) is 0 Å². The van der Waals surface area contributed by atoms with Crippen LogP contribution < -0.4 is 4.90 Å². The van der Waals surface area contributed by atoms with Crippen LogP contribution in [0.5, 0.6) is 0 Å². The van der Waals surface area contributed by atoms with Gasteiger partial charge < -0.3 is 4.90 Å². The van der Waals surface area contributed by atoms with Gasteiger partial charge in [0.15, 0.2) is 10.9 Å². The van der Waals surface area contributed by atoms with Crippen LogP contribution in [0.3, 0.4) is 0 Å². The third-order valence-electron chi connectivity index (χ3n) is 3.09. The van der Waals surface area contributed by atoms with Gasteiger partial charge in [-0.3, -0.25) is 4.79 Å². The molecule has 8 heteroatoms. The minimum atomic E-state index is -0.0908. The third-order valence-corrected chi connectivity index (χ3v) is 5.44. The van der Waals surface area contributed by atoms with E-state index in [4.69, 9.17) is 34.8 Å². The molecule has 0 radical (unpaired) electrons. The maximum absolute atomic E-state index is 12.2. The molecular weight excluding hydrogens is 455 g/mol. The third kappa shape index (κ3) is 5.46. The number of anilines is 1. The van der Waals surface area contributed by atoms with Gasteiger partial charge in [0.25, 0.3) is 0 Å². The van der Waals surface area contributed by atoms with E-state index in [-0.39, 0.29) is 5.78 Å². The number of aromatic nitrogens is 1. The van der Waals surface area contributed by atoms with E-state index in [9.17, 15) is 4.79 Å². The number of carbonyl (C=O) groups is 1. The highest BCUT2D eigenvalue weighted by atomic mass is 79.9. The van der Waals surface area contributed by atoms with E-state index < -0.39 is 0 Å². The van der Waals surface area contributed by atoms with Gasteiger partial charge in [0.05, 0.1) is 4.88 Å². The van der Waals surface area contributed by atoms with Crippen LogP contribution in [0, 0.1) is 0 Å². The molecule has 1 heterocycles. The molecule has 0 aliphatic rings. The first kappa shape index (κ1) is 19.7.